The number of fused-ring (bicyclic) bond motifs is 4. The molecule has 0 aliphatic carbocycles. The number of H-pyrrole nitrogens is 1. The predicted octanol–water partition coefficient (Wildman–Crippen LogP) is 3.52. The van der Waals surface area contributed by atoms with Crippen molar-refractivity contribution < 1.29 is 85.7 Å². The van der Waals surface area contributed by atoms with Crippen LogP contribution in [-0.2, 0) is 80.9 Å². The highest BCUT2D eigenvalue weighted by molar-refractivity contribution is 6.40. The number of esters is 7. The molecule has 2 aliphatic heterocycles. The number of para-hydroxylation sites is 2. The van der Waals surface area contributed by atoms with E-state index in [1.54, 1.807) is 18.2 Å². The Bertz CT molecular complexity index is 2380. The minimum Gasteiger partial charge on any atom is -0.463 e. The van der Waals surface area contributed by atoms with E-state index in [-0.39, 0.29) is 5.75 Å². The van der Waals surface area contributed by atoms with E-state index in [4.69, 9.17) is 68.7 Å². The number of halogens is 1. The molecular formula is C41H43ClN2O18. The van der Waals surface area contributed by atoms with Crippen molar-refractivity contribution in [1.82, 2.24) is 9.97 Å². The maximum absolute atomic E-state index is 12.9. The first-order valence-corrected chi connectivity index (χ1v) is 19.5. The van der Waals surface area contributed by atoms with Gasteiger partial charge in [0.15, 0.2) is 30.7 Å². The first kappa shape index (κ1) is 45.4. The van der Waals surface area contributed by atoms with Crippen LogP contribution in [0.4, 0.5) is 0 Å². The van der Waals surface area contributed by atoms with Gasteiger partial charge in [-0.15, -0.1) is 0 Å². The molecule has 4 aromatic rings. The second-order valence-corrected chi connectivity index (χ2v) is 14.6. The standard InChI is InChI=1S/C41H43ClN2O18/c1-17(45)52-15-28-34(54-19(3)47)36(55-20(4)48)39(58-23(7)51)41(61-28)62-35-29(16-53-18(2)46)60-40(38(57-22(6)50)37(35)56-21(5)49)59-27-14-10-12-25-31(27)44-33-30(42)24-11-8-9-13-26(24)43-32(25)33/h8-14,28-29,34-41,44H,15-16H2,1-7H3/t28-,29-,34+,35-,36+,37+,38-,39-,40-,41+/m1/s1. The van der Waals surface area contributed by atoms with Crippen LogP contribution in [0.15, 0.2) is 42.5 Å². The molecule has 21 heteroatoms. The highest BCUT2D eigenvalue weighted by atomic mass is 35.5. The van der Waals surface area contributed by atoms with Crippen molar-refractivity contribution in [1.29, 1.82) is 0 Å². The molecule has 0 spiro atoms. The molecule has 0 saturated carbocycles. The molecule has 10 atom stereocenters. The third-order valence-electron chi connectivity index (χ3n) is 9.49. The number of nitrogens with zero attached hydrogens (tertiary/aromatic N) is 1. The number of aromatic amines is 1. The third-order valence-corrected chi connectivity index (χ3v) is 9.88. The smallest absolute Gasteiger partial charge is 0.303 e. The Kier molecular flexibility index (Phi) is 14.2. The normalized spacial score (nSPS) is 25.9. The fourth-order valence-corrected chi connectivity index (χ4v) is 7.55. The Morgan fingerprint density at radius 3 is 1.63 bits per heavy atom. The summed E-state index contributed by atoms with van der Waals surface area (Å²) in [6.45, 7) is 6.30. The SMILES string of the molecule is CC(=O)OC[C@H]1O[C@@H](O[C@H]2[C@H](OC(C)=O)[C@@H](OC(C)=O)[C@H](Oc3cccc4c3[nH]c3c(Cl)c5ccccc5nc34)O[C@@H]2COC(C)=O)[C@H](OC(C)=O)[C@@H](OC(C)=O)[C@H]1OC(C)=O. The van der Waals surface area contributed by atoms with Crippen LogP contribution in [0.25, 0.3) is 32.8 Å². The molecule has 0 unspecified atom stereocenters. The first-order chi connectivity index (χ1) is 29.4. The molecule has 0 amide bonds. The van der Waals surface area contributed by atoms with Crippen LogP contribution < -0.4 is 4.74 Å². The molecule has 2 aromatic heterocycles. The lowest BCUT2D eigenvalue weighted by molar-refractivity contribution is -0.354. The van der Waals surface area contributed by atoms with E-state index in [1.165, 1.54) is 0 Å². The minimum absolute atomic E-state index is 0.148. The molecule has 0 radical (unpaired) electrons. The van der Waals surface area contributed by atoms with Crippen LogP contribution in [0.2, 0.25) is 5.02 Å². The zero-order valence-corrected chi connectivity index (χ0v) is 35.2. The van der Waals surface area contributed by atoms with E-state index in [1.807, 2.05) is 24.3 Å². The van der Waals surface area contributed by atoms with Crippen molar-refractivity contribution in [3.63, 3.8) is 0 Å². The lowest BCUT2D eigenvalue weighted by Gasteiger charge is -2.48. The van der Waals surface area contributed by atoms with Crippen molar-refractivity contribution in [2.75, 3.05) is 13.2 Å². The lowest BCUT2D eigenvalue weighted by atomic mass is 9.96. The van der Waals surface area contributed by atoms with E-state index in [0.29, 0.717) is 37.9 Å². The molecule has 332 valence electrons. The molecule has 2 aromatic carbocycles. The van der Waals surface area contributed by atoms with Crippen molar-refractivity contribution in [2.45, 2.75) is 110 Å². The Labute approximate surface area is 357 Å². The number of benzene rings is 2. The lowest BCUT2D eigenvalue weighted by Crippen LogP contribution is -2.67. The monoisotopic (exact) mass is 886 g/mol. The van der Waals surface area contributed by atoms with Crippen LogP contribution in [0.1, 0.15) is 48.5 Å². The van der Waals surface area contributed by atoms with Gasteiger partial charge in [0.25, 0.3) is 0 Å². The summed E-state index contributed by atoms with van der Waals surface area (Å²) in [4.78, 5) is 95.3. The number of ether oxygens (including phenoxy) is 11. The van der Waals surface area contributed by atoms with Gasteiger partial charge in [0, 0.05) is 59.2 Å². The number of carbonyl (C=O) groups excluding carboxylic acids is 7. The van der Waals surface area contributed by atoms with Crippen molar-refractivity contribution in [3.8, 4) is 5.75 Å². The second-order valence-electron chi connectivity index (χ2n) is 14.3. The van der Waals surface area contributed by atoms with E-state index in [9.17, 15) is 33.6 Å². The highest BCUT2D eigenvalue weighted by Crippen LogP contribution is 2.40. The van der Waals surface area contributed by atoms with Gasteiger partial charge in [0.2, 0.25) is 12.4 Å². The molecular weight excluding hydrogens is 844 g/mol. The predicted molar refractivity (Wildman–Crippen MR) is 210 cm³/mol. The van der Waals surface area contributed by atoms with Crippen LogP contribution in [0, 0.1) is 0 Å². The number of carbonyl (C=O) groups is 7. The number of pyridine rings is 1. The van der Waals surface area contributed by atoms with Crippen LogP contribution in [0.3, 0.4) is 0 Å². The summed E-state index contributed by atoms with van der Waals surface area (Å²) in [5, 5.41) is 1.70. The van der Waals surface area contributed by atoms with E-state index >= 15 is 0 Å². The zero-order chi connectivity index (χ0) is 45.0. The summed E-state index contributed by atoms with van der Waals surface area (Å²) in [6.07, 6.45) is -16.3. The van der Waals surface area contributed by atoms with Gasteiger partial charge in [-0.1, -0.05) is 41.9 Å². The Hall–Kier alpha value is -6.09. The maximum Gasteiger partial charge on any atom is 0.303 e. The van der Waals surface area contributed by atoms with Gasteiger partial charge < -0.3 is 57.1 Å². The number of rotatable bonds is 13. The molecule has 62 heavy (non-hydrogen) atoms. The Morgan fingerprint density at radius 2 is 1.05 bits per heavy atom. The fraction of sp³-hybridized carbons (Fsp3) is 0.463. The molecule has 0 bridgehead atoms. The quantitative estimate of drug-likeness (QED) is 0.149. The van der Waals surface area contributed by atoms with E-state index in [0.717, 1.165) is 48.5 Å². The van der Waals surface area contributed by atoms with Gasteiger partial charge in [-0.3, -0.25) is 33.6 Å². The van der Waals surface area contributed by atoms with E-state index < -0.39 is 116 Å². The molecule has 4 heterocycles. The summed E-state index contributed by atoms with van der Waals surface area (Å²) in [5.74, 6) is -5.86. The number of hydrogen-bond acceptors (Lipinski definition) is 19. The average molecular weight is 887 g/mol. The number of nitrogens with one attached hydrogen (secondary N) is 1. The number of aromatic nitrogens is 2. The van der Waals surface area contributed by atoms with Gasteiger partial charge in [-0.25, -0.2) is 4.98 Å². The molecule has 20 nitrogen and oxygen atoms in total. The summed E-state index contributed by atoms with van der Waals surface area (Å²) in [5.41, 5.74) is 2.08. The van der Waals surface area contributed by atoms with Crippen molar-refractivity contribution in [2.24, 2.45) is 0 Å². The summed E-state index contributed by atoms with van der Waals surface area (Å²) < 4.78 is 64.0. The summed E-state index contributed by atoms with van der Waals surface area (Å²) in [7, 11) is 0. The van der Waals surface area contributed by atoms with Crippen molar-refractivity contribution in [3.05, 3.63) is 47.5 Å². The Balaban J connectivity index is 1.44. The van der Waals surface area contributed by atoms with Crippen LogP contribution in [-0.4, -0.2) is 126 Å². The minimum atomic E-state index is -1.84. The summed E-state index contributed by atoms with van der Waals surface area (Å²) in [6, 6.07) is 12.3. The average Bonchev–Trinajstić information content (AvgIpc) is 3.56. The van der Waals surface area contributed by atoms with Gasteiger partial charge in [-0.2, -0.15) is 0 Å². The van der Waals surface area contributed by atoms with Gasteiger partial charge in [0.1, 0.15) is 37.3 Å². The van der Waals surface area contributed by atoms with E-state index in [2.05, 4.69) is 4.98 Å². The van der Waals surface area contributed by atoms with Gasteiger partial charge in [-0.05, 0) is 12.1 Å². The maximum atomic E-state index is 12.9. The number of hydrogen-bond donors (Lipinski definition) is 1. The van der Waals surface area contributed by atoms with Crippen LogP contribution in [0.5, 0.6) is 5.75 Å². The molecule has 6 rings (SSSR count). The Morgan fingerprint density at radius 1 is 0.565 bits per heavy atom. The molecule has 1 N–H and O–H groups in total. The zero-order valence-electron chi connectivity index (χ0n) is 34.4. The fourth-order valence-electron chi connectivity index (χ4n) is 7.25. The molecule has 2 fully saturated rings. The van der Waals surface area contributed by atoms with Crippen LogP contribution >= 0.6 is 11.6 Å². The molecule has 2 aliphatic rings. The molecule has 2 saturated heterocycles. The second kappa shape index (κ2) is 19.3. The highest BCUT2D eigenvalue weighted by Gasteiger charge is 2.58. The largest absolute Gasteiger partial charge is 0.463 e. The van der Waals surface area contributed by atoms with Crippen molar-refractivity contribution >= 4 is 86.2 Å². The van der Waals surface area contributed by atoms with Gasteiger partial charge in [0.05, 0.1) is 27.1 Å². The summed E-state index contributed by atoms with van der Waals surface area (Å²) >= 11 is 6.85. The topological polar surface area (TPSA) is 250 Å². The third kappa shape index (κ3) is 10.3. The first-order valence-electron chi connectivity index (χ1n) is 19.2. The van der Waals surface area contributed by atoms with Gasteiger partial charge >= 0.3 is 41.8 Å².